The second-order valence-corrected chi connectivity index (χ2v) is 4.63. The van der Waals surface area contributed by atoms with Gasteiger partial charge in [-0.3, -0.25) is 0 Å². The summed E-state index contributed by atoms with van der Waals surface area (Å²) in [5, 5.41) is 7.75. The maximum Gasteiger partial charge on any atom is 0.137 e. The number of fused-ring (bicyclic) bond motifs is 1. The molecule has 5 nitrogen and oxygen atoms in total. The Labute approximate surface area is 119 Å². The molecule has 4 rings (SSSR count). The summed E-state index contributed by atoms with van der Waals surface area (Å²) in [6.45, 7) is 0. The predicted octanol–water partition coefficient (Wildman–Crippen LogP) is 2.72. The van der Waals surface area contributed by atoms with Crippen molar-refractivity contribution in [2.75, 3.05) is 0 Å². The molecule has 0 spiro atoms. The molecule has 0 unspecified atom stereocenters. The first-order valence-corrected chi connectivity index (χ1v) is 6.41. The van der Waals surface area contributed by atoms with Crippen molar-refractivity contribution in [3.05, 3.63) is 67.0 Å². The summed E-state index contributed by atoms with van der Waals surface area (Å²) in [7, 11) is 0. The van der Waals surface area contributed by atoms with Crippen LogP contribution in [0, 0.1) is 5.82 Å². The Hall–Kier alpha value is -3.02. The van der Waals surface area contributed by atoms with E-state index in [4.69, 9.17) is 0 Å². The van der Waals surface area contributed by atoms with E-state index in [9.17, 15) is 4.39 Å². The summed E-state index contributed by atoms with van der Waals surface area (Å²) < 4.78 is 16.6. The third-order valence-corrected chi connectivity index (χ3v) is 3.26. The quantitative estimate of drug-likeness (QED) is 0.567. The number of halogens is 1. The van der Waals surface area contributed by atoms with Crippen molar-refractivity contribution in [2.24, 2.45) is 0 Å². The molecule has 0 atom stereocenters. The van der Waals surface area contributed by atoms with Gasteiger partial charge in [0, 0.05) is 18.0 Å². The molecule has 21 heavy (non-hydrogen) atoms. The van der Waals surface area contributed by atoms with Gasteiger partial charge in [0.05, 0.1) is 23.8 Å². The van der Waals surface area contributed by atoms with Gasteiger partial charge in [-0.1, -0.05) is 5.21 Å². The lowest BCUT2D eigenvalue weighted by atomic mass is 10.2. The lowest BCUT2D eigenvalue weighted by Gasteiger charge is -2.00. The minimum atomic E-state index is -0.254. The molecule has 3 aromatic heterocycles. The second kappa shape index (κ2) is 4.52. The van der Waals surface area contributed by atoms with Crippen molar-refractivity contribution < 1.29 is 4.39 Å². The summed E-state index contributed by atoms with van der Waals surface area (Å²) in [6, 6.07) is 10.1. The SMILES string of the molecule is Fc1ccc(-c2cn3cc(-n4ccnn4)ccc3n2)cc1. The van der Waals surface area contributed by atoms with E-state index in [0.29, 0.717) is 0 Å². The molecule has 0 saturated heterocycles. The molecule has 0 bridgehead atoms. The molecule has 0 N–H and O–H groups in total. The number of pyridine rings is 1. The van der Waals surface area contributed by atoms with Gasteiger partial charge in [-0.15, -0.1) is 5.10 Å². The van der Waals surface area contributed by atoms with Crippen LogP contribution in [0.2, 0.25) is 0 Å². The summed E-state index contributed by atoms with van der Waals surface area (Å²) in [5.41, 5.74) is 3.38. The molecule has 1 aromatic carbocycles. The van der Waals surface area contributed by atoms with Gasteiger partial charge in [-0.05, 0) is 36.4 Å². The smallest absolute Gasteiger partial charge is 0.137 e. The van der Waals surface area contributed by atoms with E-state index in [1.165, 1.54) is 12.1 Å². The second-order valence-electron chi connectivity index (χ2n) is 4.63. The number of imidazole rings is 1. The fourth-order valence-corrected chi connectivity index (χ4v) is 2.22. The van der Waals surface area contributed by atoms with Gasteiger partial charge in [0.15, 0.2) is 0 Å². The molecule has 0 radical (unpaired) electrons. The zero-order valence-corrected chi connectivity index (χ0v) is 10.9. The predicted molar refractivity (Wildman–Crippen MR) is 75.5 cm³/mol. The first-order chi connectivity index (χ1) is 10.3. The molecule has 3 heterocycles. The van der Waals surface area contributed by atoms with Crippen molar-refractivity contribution in [1.82, 2.24) is 24.4 Å². The van der Waals surface area contributed by atoms with Crippen molar-refractivity contribution >= 4 is 5.65 Å². The number of aromatic nitrogens is 5. The highest BCUT2D eigenvalue weighted by Crippen LogP contribution is 2.20. The Morgan fingerprint density at radius 1 is 0.952 bits per heavy atom. The van der Waals surface area contributed by atoms with E-state index in [0.717, 1.165) is 22.6 Å². The lowest BCUT2D eigenvalue weighted by Crippen LogP contribution is -1.96. The monoisotopic (exact) mass is 279 g/mol. The van der Waals surface area contributed by atoms with Crippen LogP contribution in [-0.4, -0.2) is 24.4 Å². The first-order valence-electron chi connectivity index (χ1n) is 6.41. The Kier molecular flexibility index (Phi) is 2.53. The maximum absolute atomic E-state index is 13.0. The van der Waals surface area contributed by atoms with Crippen LogP contribution in [0.5, 0.6) is 0 Å². The van der Waals surface area contributed by atoms with E-state index >= 15 is 0 Å². The molecule has 0 aliphatic carbocycles. The molecular weight excluding hydrogens is 269 g/mol. The molecule has 0 amide bonds. The van der Waals surface area contributed by atoms with Crippen LogP contribution in [0.25, 0.3) is 22.6 Å². The van der Waals surface area contributed by atoms with Crippen molar-refractivity contribution in [2.45, 2.75) is 0 Å². The maximum atomic E-state index is 13.0. The zero-order valence-electron chi connectivity index (χ0n) is 10.9. The molecule has 0 aliphatic heterocycles. The standard InChI is InChI=1S/C15H10FN5/c16-12-3-1-11(2-4-12)14-10-20-9-13(5-6-15(20)18-14)21-8-7-17-19-21/h1-10H. The Morgan fingerprint density at radius 2 is 1.81 bits per heavy atom. The molecule has 0 fully saturated rings. The minimum Gasteiger partial charge on any atom is -0.304 e. The molecule has 0 saturated carbocycles. The van der Waals surface area contributed by atoms with E-state index in [-0.39, 0.29) is 5.82 Å². The highest BCUT2D eigenvalue weighted by Gasteiger charge is 2.06. The van der Waals surface area contributed by atoms with Crippen LogP contribution in [0.3, 0.4) is 0 Å². The third-order valence-electron chi connectivity index (χ3n) is 3.26. The number of nitrogens with zero attached hydrogens (tertiary/aromatic N) is 5. The van der Waals surface area contributed by atoms with Crippen molar-refractivity contribution in [1.29, 1.82) is 0 Å². The van der Waals surface area contributed by atoms with E-state index in [1.54, 1.807) is 29.2 Å². The van der Waals surface area contributed by atoms with Crippen LogP contribution >= 0.6 is 0 Å². The van der Waals surface area contributed by atoms with Crippen LogP contribution in [0.4, 0.5) is 4.39 Å². The first kappa shape index (κ1) is 11.8. The Bertz CT molecular complexity index is 894. The molecule has 0 aliphatic rings. The zero-order chi connectivity index (χ0) is 14.2. The van der Waals surface area contributed by atoms with Gasteiger partial charge in [0.1, 0.15) is 11.5 Å². The van der Waals surface area contributed by atoms with Crippen LogP contribution in [0.1, 0.15) is 0 Å². The van der Waals surface area contributed by atoms with E-state index < -0.39 is 0 Å². The summed E-state index contributed by atoms with van der Waals surface area (Å²) in [6.07, 6.45) is 7.23. The van der Waals surface area contributed by atoms with E-state index in [2.05, 4.69) is 15.3 Å². The van der Waals surface area contributed by atoms with Gasteiger partial charge in [-0.2, -0.15) is 0 Å². The number of hydrogen-bond donors (Lipinski definition) is 0. The molecule has 4 aromatic rings. The fraction of sp³-hybridized carbons (Fsp3) is 0. The molecule has 6 heteroatoms. The Balaban J connectivity index is 1.81. The summed E-state index contributed by atoms with van der Waals surface area (Å²) in [5.74, 6) is -0.254. The summed E-state index contributed by atoms with van der Waals surface area (Å²) >= 11 is 0. The average Bonchev–Trinajstić information content (AvgIpc) is 3.16. The largest absolute Gasteiger partial charge is 0.304 e. The van der Waals surface area contributed by atoms with Crippen molar-refractivity contribution in [3.63, 3.8) is 0 Å². The third kappa shape index (κ3) is 2.06. The number of benzene rings is 1. The van der Waals surface area contributed by atoms with Gasteiger partial charge >= 0.3 is 0 Å². The summed E-state index contributed by atoms with van der Waals surface area (Å²) in [4.78, 5) is 4.53. The Morgan fingerprint density at radius 3 is 2.57 bits per heavy atom. The molecular formula is C15H10FN5. The van der Waals surface area contributed by atoms with Crippen LogP contribution in [0.15, 0.2) is 61.2 Å². The van der Waals surface area contributed by atoms with Crippen LogP contribution < -0.4 is 0 Å². The van der Waals surface area contributed by atoms with Gasteiger partial charge in [0.2, 0.25) is 0 Å². The highest BCUT2D eigenvalue weighted by molar-refractivity contribution is 5.63. The van der Waals surface area contributed by atoms with Crippen molar-refractivity contribution in [3.8, 4) is 16.9 Å². The number of hydrogen-bond acceptors (Lipinski definition) is 3. The minimum absolute atomic E-state index is 0.254. The average molecular weight is 279 g/mol. The van der Waals surface area contributed by atoms with Crippen LogP contribution in [-0.2, 0) is 0 Å². The highest BCUT2D eigenvalue weighted by atomic mass is 19.1. The lowest BCUT2D eigenvalue weighted by molar-refractivity contribution is 0.628. The van der Waals surface area contributed by atoms with Gasteiger partial charge in [-0.25, -0.2) is 14.1 Å². The molecule has 102 valence electrons. The van der Waals surface area contributed by atoms with Gasteiger partial charge < -0.3 is 4.40 Å². The topological polar surface area (TPSA) is 48.0 Å². The van der Waals surface area contributed by atoms with E-state index in [1.807, 2.05) is 28.9 Å². The number of rotatable bonds is 2. The normalized spacial score (nSPS) is 11.1. The van der Waals surface area contributed by atoms with Gasteiger partial charge in [0.25, 0.3) is 0 Å². The fourth-order valence-electron chi connectivity index (χ4n) is 2.22.